The Hall–Kier alpha value is -0.860. The standard InChI is InChI=1S/C25H31Cl3O5S/c26-17-8-15(9-18(27)10-17)4-6-21-20(22(28)11-23(21)31)3-1-2-19-5-7-24(34-19)25(32)33-14-16(12-29)13-30/h5,7-10,16,20-23,29-31H,1-4,6,11-14H2/t20-,21-,22+,23-/m1/s1. The van der Waals surface area contributed by atoms with Crippen LogP contribution in [0, 0.1) is 17.8 Å². The second kappa shape index (κ2) is 13.4. The highest BCUT2D eigenvalue weighted by atomic mass is 35.5. The topological polar surface area (TPSA) is 87.0 Å². The van der Waals surface area contributed by atoms with E-state index in [1.54, 1.807) is 12.1 Å². The molecule has 1 aliphatic rings. The van der Waals surface area contributed by atoms with Crippen molar-refractivity contribution in [2.24, 2.45) is 17.8 Å². The molecule has 0 radical (unpaired) electrons. The minimum atomic E-state index is -0.461. The molecule has 0 aliphatic heterocycles. The number of aliphatic hydroxyl groups is 3. The van der Waals surface area contributed by atoms with E-state index in [0.717, 1.165) is 42.5 Å². The summed E-state index contributed by atoms with van der Waals surface area (Å²) in [5.41, 5.74) is 1.06. The van der Waals surface area contributed by atoms with Crippen molar-refractivity contribution in [1.29, 1.82) is 0 Å². The number of esters is 1. The van der Waals surface area contributed by atoms with Gasteiger partial charge >= 0.3 is 5.97 Å². The fourth-order valence-corrected chi connectivity index (χ4v) is 6.60. The zero-order valence-corrected chi connectivity index (χ0v) is 21.9. The van der Waals surface area contributed by atoms with Crippen LogP contribution >= 0.6 is 46.1 Å². The fraction of sp³-hybridized carbons (Fsp3) is 0.560. The van der Waals surface area contributed by atoms with Crippen LogP contribution in [0.3, 0.4) is 0 Å². The van der Waals surface area contributed by atoms with E-state index >= 15 is 0 Å². The Kier molecular flexibility index (Phi) is 11.0. The first-order chi connectivity index (χ1) is 16.3. The minimum Gasteiger partial charge on any atom is -0.461 e. The highest BCUT2D eigenvalue weighted by Crippen LogP contribution is 2.42. The largest absolute Gasteiger partial charge is 0.461 e. The van der Waals surface area contributed by atoms with Crippen LogP contribution in [0.15, 0.2) is 30.3 Å². The Balaban J connectivity index is 1.49. The van der Waals surface area contributed by atoms with E-state index in [-0.39, 0.29) is 37.0 Å². The summed E-state index contributed by atoms with van der Waals surface area (Å²) in [4.78, 5) is 13.8. The van der Waals surface area contributed by atoms with Gasteiger partial charge in [-0.25, -0.2) is 4.79 Å². The lowest BCUT2D eigenvalue weighted by molar-refractivity contribution is 0.0309. The molecule has 1 aromatic heterocycles. The van der Waals surface area contributed by atoms with Gasteiger partial charge in [-0.2, -0.15) is 0 Å². The maximum absolute atomic E-state index is 12.2. The van der Waals surface area contributed by atoms with Gasteiger partial charge < -0.3 is 20.1 Å². The first-order valence-electron chi connectivity index (χ1n) is 11.5. The second-order valence-electron chi connectivity index (χ2n) is 8.95. The molecular formula is C25H31Cl3O5S. The van der Waals surface area contributed by atoms with Gasteiger partial charge in [0, 0.05) is 26.2 Å². The highest BCUT2D eigenvalue weighted by Gasteiger charge is 2.40. The number of rotatable bonds is 12. The lowest BCUT2D eigenvalue weighted by Gasteiger charge is -2.23. The Morgan fingerprint density at radius 3 is 2.44 bits per heavy atom. The smallest absolute Gasteiger partial charge is 0.348 e. The van der Waals surface area contributed by atoms with Gasteiger partial charge in [0.2, 0.25) is 0 Å². The Morgan fingerprint density at radius 1 is 1.06 bits per heavy atom. The molecule has 0 spiro atoms. The van der Waals surface area contributed by atoms with Gasteiger partial charge in [-0.1, -0.05) is 23.2 Å². The van der Waals surface area contributed by atoms with Gasteiger partial charge in [0.05, 0.1) is 25.9 Å². The summed E-state index contributed by atoms with van der Waals surface area (Å²) >= 11 is 20.2. The zero-order valence-electron chi connectivity index (χ0n) is 18.8. The van der Waals surface area contributed by atoms with Crippen LogP contribution in [0.4, 0.5) is 0 Å². The lowest BCUT2D eigenvalue weighted by atomic mass is 9.85. The van der Waals surface area contributed by atoms with Crippen LogP contribution in [-0.4, -0.2) is 52.6 Å². The second-order valence-corrected chi connectivity index (χ2v) is 11.6. The molecule has 0 unspecified atom stereocenters. The van der Waals surface area contributed by atoms with Crippen LogP contribution in [0.2, 0.25) is 10.0 Å². The molecule has 1 saturated carbocycles. The number of alkyl halides is 1. The van der Waals surface area contributed by atoms with E-state index in [0.29, 0.717) is 21.3 Å². The number of aliphatic hydroxyl groups excluding tert-OH is 3. The molecule has 5 nitrogen and oxygen atoms in total. The summed E-state index contributed by atoms with van der Waals surface area (Å²) in [5.74, 6) is -0.550. The molecule has 1 fully saturated rings. The average Bonchev–Trinajstić information content (AvgIpc) is 3.36. The van der Waals surface area contributed by atoms with Gasteiger partial charge in [0.1, 0.15) is 4.88 Å². The quantitative estimate of drug-likeness (QED) is 0.245. The van der Waals surface area contributed by atoms with E-state index < -0.39 is 18.0 Å². The van der Waals surface area contributed by atoms with Gasteiger partial charge in [-0.15, -0.1) is 22.9 Å². The molecule has 0 saturated heterocycles. The number of aryl methyl sites for hydroxylation is 2. The molecule has 1 aromatic carbocycles. The van der Waals surface area contributed by atoms with Crippen LogP contribution < -0.4 is 0 Å². The molecule has 1 heterocycles. The number of carbonyl (C=O) groups excluding carboxylic acids is 1. The van der Waals surface area contributed by atoms with Gasteiger partial charge in [-0.3, -0.25) is 0 Å². The predicted octanol–water partition coefficient (Wildman–Crippen LogP) is 5.37. The summed E-state index contributed by atoms with van der Waals surface area (Å²) < 4.78 is 5.18. The van der Waals surface area contributed by atoms with E-state index in [2.05, 4.69) is 0 Å². The summed E-state index contributed by atoms with van der Waals surface area (Å²) in [5, 5.41) is 29.9. The first-order valence-corrected chi connectivity index (χ1v) is 13.6. The third-order valence-corrected chi connectivity index (χ3v) is 8.52. The first kappa shape index (κ1) is 27.7. The van der Waals surface area contributed by atoms with E-state index in [9.17, 15) is 9.90 Å². The van der Waals surface area contributed by atoms with Gasteiger partial charge in [-0.05, 0) is 86.3 Å². The number of ether oxygens (including phenoxy) is 1. The predicted molar refractivity (Wildman–Crippen MR) is 137 cm³/mol. The third-order valence-electron chi connectivity index (χ3n) is 6.45. The van der Waals surface area contributed by atoms with E-state index in [4.69, 9.17) is 49.8 Å². The molecule has 2 aromatic rings. The Bertz CT molecular complexity index is 913. The number of halogens is 3. The van der Waals surface area contributed by atoms with Gasteiger partial charge in [0.25, 0.3) is 0 Å². The number of benzene rings is 1. The normalized spacial score (nSPS) is 22.4. The number of hydrogen-bond acceptors (Lipinski definition) is 6. The average molecular weight is 550 g/mol. The van der Waals surface area contributed by atoms with E-state index in [1.165, 1.54) is 11.3 Å². The summed E-state index contributed by atoms with van der Waals surface area (Å²) in [6.07, 6.45) is 4.43. The molecular weight excluding hydrogens is 519 g/mol. The molecule has 188 valence electrons. The molecule has 0 amide bonds. The molecule has 34 heavy (non-hydrogen) atoms. The lowest BCUT2D eigenvalue weighted by Crippen LogP contribution is -2.21. The highest BCUT2D eigenvalue weighted by molar-refractivity contribution is 7.13. The molecule has 3 N–H and O–H groups in total. The number of hydrogen-bond donors (Lipinski definition) is 3. The van der Waals surface area contributed by atoms with Crippen molar-refractivity contribution in [1.82, 2.24) is 0 Å². The van der Waals surface area contributed by atoms with Crippen molar-refractivity contribution in [2.75, 3.05) is 19.8 Å². The maximum atomic E-state index is 12.2. The minimum absolute atomic E-state index is 0.0109. The fourth-order valence-electron chi connectivity index (χ4n) is 4.59. The molecule has 0 bridgehead atoms. The molecule has 4 atom stereocenters. The zero-order chi connectivity index (χ0) is 24.7. The van der Waals surface area contributed by atoms with Gasteiger partial charge in [0.15, 0.2) is 0 Å². The summed E-state index contributed by atoms with van der Waals surface area (Å²) in [7, 11) is 0. The van der Waals surface area contributed by atoms with Crippen LogP contribution in [0.5, 0.6) is 0 Å². The number of thiophene rings is 1. The Morgan fingerprint density at radius 2 is 1.76 bits per heavy atom. The summed E-state index contributed by atoms with van der Waals surface area (Å²) in [6.45, 7) is -0.474. The number of carbonyl (C=O) groups is 1. The van der Waals surface area contributed by atoms with E-state index in [1.807, 2.05) is 18.2 Å². The van der Waals surface area contributed by atoms with Crippen molar-refractivity contribution in [3.8, 4) is 0 Å². The third kappa shape index (κ3) is 7.82. The van der Waals surface area contributed by atoms with Crippen molar-refractivity contribution < 1.29 is 24.9 Å². The molecule has 1 aliphatic carbocycles. The molecule has 3 rings (SSSR count). The Labute approximate surface area is 219 Å². The van der Waals surface area contributed by atoms with Crippen molar-refractivity contribution in [3.05, 3.63) is 55.7 Å². The SMILES string of the molecule is O=C(OCC(CO)CO)c1ccc(CCC[C@@H]2[C@@H](CCc3cc(Cl)cc(Cl)c3)[C@H](O)C[C@@H]2Cl)s1. The van der Waals surface area contributed by atoms with Crippen molar-refractivity contribution >= 4 is 52.1 Å². The summed E-state index contributed by atoms with van der Waals surface area (Å²) in [6, 6.07) is 9.21. The van der Waals surface area contributed by atoms with Crippen LogP contribution in [-0.2, 0) is 17.6 Å². The monoisotopic (exact) mass is 548 g/mol. The molecule has 9 heteroatoms. The maximum Gasteiger partial charge on any atom is 0.348 e. The van der Waals surface area contributed by atoms with Crippen LogP contribution in [0.25, 0.3) is 0 Å². The van der Waals surface area contributed by atoms with Crippen molar-refractivity contribution in [2.45, 2.75) is 50.0 Å². The van der Waals surface area contributed by atoms with Crippen molar-refractivity contribution in [3.63, 3.8) is 0 Å². The van der Waals surface area contributed by atoms with Crippen LogP contribution in [0.1, 0.15) is 45.8 Å².